The molecule has 0 spiro atoms. The van der Waals surface area contributed by atoms with E-state index in [-0.39, 0.29) is 23.9 Å². The highest BCUT2D eigenvalue weighted by Crippen LogP contribution is 2.48. The van der Waals surface area contributed by atoms with Crippen molar-refractivity contribution < 1.29 is 18.0 Å². The molecular weight excluding hydrogens is 459 g/mol. The van der Waals surface area contributed by atoms with Gasteiger partial charge in [-0.2, -0.15) is 33.4 Å². The van der Waals surface area contributed by atoms with Crippen LogP contribution in [0.15, 0.2) is 43.0 Å². The van der Waals surface area contributed by atoms with Crippen molar-refractivity contribution in [2.45, 2.75) is 50.9 Å². The first kappa shape index (κ1) is 23.0. The van der Waals surface area contributed by atoms with Crippen LogP contribution in [0.1, 0.15) is 53.5 Å². The Bertz CT molecular complexity index is 1260. The summed E-state index contributed by atoms with van der Waals surface area (Å²) in [4.78, 5) is 24.6. The highest BCUT2D eigenvalue weighted by molar-refractivity contribution is 5.98. The third kappa shape index (κ3) is 4.24. The zero-order valence-corrected chi connectivity index (χ0v) is 18.9. The zero-order chi connectivity index (χ0) is 24.7. The second kappa shape index (κ2) is 8.76. The second-order valence-electron chi connectivity index (χ2n) is 9.12. The lowest BCUT2D eigenvalue weighted by molar-refractivity contribution is -0.141. The number of carbonyl (C=O) groups excluding carboxylic acids is 1. The molecule has 1 amide bonds. The molecule has 2 atom stereocenters. The van der Waals surface area contributed by atoms with Crippen LogP contribution >= 0.6 is 0 Å². The van der Waals surface area contributed by atoms with Crippen LogP contribution in [0.2, 0.25) is 0 Å². The van der Waals surface area contributed by atoms with E-state index in [2.05, 4.69) is 33.2 Å². The van der Waals surface area contributed by atoms with Gasteiger partial charge in [-0.3, -0.25) is 9.78 Å². The molecule has 2 bridgehead atoms. The Labute approximate surface area is 199 Å². The number of piperidine rings is 2. The van der Waals surface area contributed by atoms with Crippen molar-refractivity contribution in [1.82, 2.24) is 29.9 Å². The molecule has 1 aliphatic carbocycles. The number of aryl methyl sites for hydroxylation is 1. The zero-order valence-electron chi connectivity index (χ0n) is 18.9. The summed E-state index contributed by atoms with van der Waals surface area (Å²) < 4.78 is 38.4. The molecule has 2 saturated heterocycles. The number of nitrogens with zero attached hydrogens (tertiary/aromatic N) is 7. The first-order valence-electron chi connectivity index (χ1n) is 11.4. The van der Waals surface area contributed by atoms with Crippen LogP contribution < -0.4 is 0 Å². The summed E-state index contributed by atoms with van der Waals surface area (Å²) in [5.41, 5.74) is 0.613. The Morgan fingerprint density at radius 1 is 1.17 bits per heavy atom. The van der Waals surface area contributed by atoms with Crippen LogP contribution in [0.5, 0.6) is 0 Å². The number of benzene rings is 1. The monoisotopic (exact) mass is 481 g/mol. The highest BCUT2D eigenvalue weighted by atomic mass is 19.4. The Morgan fingerprint density at radius 2 is 1.91 bits per heavy atom. The van der Waals surface area contributed by atoms with Crippen molar-refractivity contribution in [3.63, 3.8) is 0 Å². The van der Waals surface area contributed by atoms with Crippen LogP contribution in [-0.4, -0.2) is 47.9 Å². The summed E-state index contributed by atoms with van der Waals surface area (Å²) in [6.45, 7) is 2.12. The molecule has 11 heteroatoms. The highest BCUT2D eigenvalue weighted by Gasteiger charge is 2.50. The van der Waals surface area contributed by atoms with E-state index in [1.165, 1.54) is 17.2 Å². The van der Waals surface area contributed by atoms with E-state index in [0.717, 1.165) is 25.2 Å². The van der Waals surface area contributed by atoms with Gasteiger partial charge in [-0.1, -0.05) is 6.92 Å². The fourth-order valence-corrected chi connectivity index (χ4v) is 5.20. The molecule has 2 aromatic heterocycles. The molecular formula is C24H22F3N7O. The average Bonchev–Trinajstić information content (AvgIpc) is 3.36. The molecule has 3 fully saturated rings. The number of aromatic nitrogens is 5. The van der Waals surface area contributed by atoms with Crippen LogP contribution in [0.3, 0.4) is 0 Å². The van der Waals surface area contributed by atoms with Crippen molar-refractivity contribution in [2.75, 3.05) is 0 Å². The number of amides is 1. The van der Waals surface area contributed by atoms with Gasteiger partial charge < -0.3 is 4.90 Å². The van der Waals surface area contributed by atoms with Gasteiger partial charge in [0, 0.05) is 18.3 Å². The smallest absolute Gasteiger partial charge is 0.332 e. The maximum absolute atomic E-state index is 13.9. The van der Waals surface area contributed by atoms with E-state index in [0.29, 0.717) is 41.3 Å². The lowest BCUT2D eigenvalue weighted by Crippen LogP contribution is -2.63. The molecule has 0 N–H and O–H groups in total. The average molecular weight is 481 g/mol. The summed E-state index contributed by atoms with van der Waals surface area (Å²) >= 11 is 0. The quantitative estimate of drug-likeness (QED) is 0.549. The first-order chi connectivity index (χ1) is 16.8. The van der Waals surface area contributed by atoms with Gasteiger partial charge in [-0.15, -0.1) is 0 Å². The van der Waals surface area contributed by atoms with Crippen LogP contribution in [0, 0.1) is 23.2 Å². The molecule has 0 radical (unpaired) electrons. The second-order valence-corrected chi connectivity index (χ2v) is 9.12. The van der Waals surface area contributed by atoms with Crippen molar-refractivity contribution in [3.8, 4) is 11.8 Å². The molecule has 180 valence electrons. The van der Waals surface area contributed by atoms with Gasteiger partial charge in [0.1, 0.15) is 0 Å². The van der Waals surface area contributed by atoms with Gasteiger partial charge in [0.2, 0.25) is 0 Å². The summed E-state index contributed by atoms with van der Waals surface area (Å²) in [5, 5.41) is 17.7. The van der Waals surface area contributed by atoms with Gasteiger partial charge in [-0.05, 0) is 55.7 Å². The molecule has 1 saturated carbocycles. The molecule has 35 heavy (non-hydrogen) atoms. The standard InChI is InChI=1S/C24H22F3N7O/c1-14-16-9-18(10-16)33(20(14)5-3-17-12-30-22(13-29-17)24(25,26)27)23(35)19-8-15(11-28)2-4-21(19)34-31-6-7-32-34/h2,4,6-8,12-14,16,18,20H,3,5,9-10H2,1H3/t14-,16?,18?,20?/m1/s1. The molecule has 8 nitrogen and oxygen atoms in total. The van der Waals surface area contributed by atoms with E-state index in [1.54, 1.807) is 18.2 Å². The Morgan fingerprint density at radius 3 is 2.54 bits per heavy atom. The third-order valence-electron chi connectivity index (χ3n) is 7.17. The minimum absolute atomic E-state index is 0.0802. The van der Waals surface area contributed by atoms with Crippen molar-refractivity contribution in [3.05, 3.63) is 65.5 Å². The van der Waals surface area contributed by atoms with Gasteiger partial charge in [0.25, 0.3) is 5.91 Å². The maximum Gasteiger partial charge on any atom is 0.434 e. The molecule has 1 aromatic carbocycles. The molecule has 3 aromatic rings. The number of hydrogen-bond donors (Lipinski definition) is 0. The number of nitriles is 1. The fraction of sp³-hybridized carbons (Fsp3) is 0.417. The number of carbonyl (C=O) groups is 1. The number of hydrogen-bond acceptors (Lipinski definition) is 6. The minimum atomic E-state index is -4.53. The van der Waals surface area contributed by atoms with E-state index in [9.17, 15) is 23.2 Å². The lowest BCUT2D eigenvalue weighted by atomic mass is 9.63. The number of rotatable bonds is 5. The Balaban J connectivity index is 1.42. The third-order valence-corrected chi connectivity index (χ3v) is 7.17. The van der Waals surface area contributed by atoms with E-state index in [4.69, 9.17) is 0 Å². The number of fused-ring (bicyclic) bond motifs is 2. The predicted molar refractivity (Wildman–Crippen MR) is 117 cm³/mol. The molecule has 6 rings (SSSR count). The van der Waals surface area contributed by atoms with E-state index >= 15 is 0 Å². The number of alkyl halides is 3. The van der Waals surface area contributed by atoms with Gasteiger partial charge in [-0.25, -0.2) is 4.98 Å². The van der Waals surface area contributed by atoms with E-state index < -0.39 is 11.9 Å². The lowest BCUT2D eigenvalue weighted by Gasteiger charge is -2.57. The predicted octanol–water partition coefficient (Wildman–Crippen LogP) is 3.82. The molecule has 1 unspecified atom stereocenters. The first-order valence-corrected chi connectivity index (χ1v) is 11.4. The van der Waals surface area contributed by atoms with Gasteiger partial charge in [0.05, 0.1) is 47.2 Å². The van der Waals surface area contributed by atoms with Crippen molar-refractivity contribution in [1.29, 1.82) is 5.26 Å². The fourth-order valence-electron chi connectivity index (χ4n) is 5.20. The van der Waals surface area contributed by atoms with Crippen molar-refractivity contribution in [2.24, 2.45) is 11.8 Å². The molecule has 3 aliphatic rings. The Hall–Kier alpha value is -3.81. The summed E-state index contributed by atoms with van der Waals surface area (Å²) in [6, 6.07) is 6.89. The Kier molecular flexibility index (Phi) is 5.75. The normalized spacial score (nSPS) is 23.5. The topological polar surface area (TPSA) is 101 Å². The van der Waals surface area contributed by atoms with Crippen LogP contribution in [0.25, 0.3) is 5.69 Å². The summed E-state index contributed by atoms with van der Waals surface area (Å²) in [7, 11) is 0. The molecule has 2 aliphatic heterocycles. The summed E-state index contributed by atoms with van der Waals surface area (Å²) in [6.07, 6.45) is 3.17. The minimum Gasteiger partial charge on any atom is -0.332 e. The maximum atomic E-state index is 13.9. The largest absolute Gasteiger partial charge is 0.434 e. The molecule has 4 heterocycles. The van der Waals surface area contributed by atoms with Gasteiger partial charge >= 0.3 is 6.18 Å². The SMILES string of the molecule is C[C@@H]1C2CC(C2)N(C(=O)c2cc(C#N)ccc2-n2nccn2)C1CCc1cnc(C(F)(F)F)cn1. The van der Waals surface area contributed by atoms with Crippen LogP contribution in [0.4, 0.5) is 13.2 Å². The summed E-state index contributed by atoms with van der Waals surface area (Å²) in [5.74, 6) is 0.523. The van der Waals surface area contributed by atoms with E-state index in [1.807, 2.05) is 4.90 Å². The van der Waals surface area contributed by atoms with Crippen molar-refractivity contribution >= 4 is 5.91 Å². The van der Waals surface area contributed by atoms with Gasteiger partial charge in [0.15, 0.2) is 5.69 Å². The van der Waals surface area contributed by atoms with Crippen LogP contribution in [-0.2, 0) is 12.6 Å². The number of halogens is 3.